The van der Waals surface area contributed by atoms with Crippen molar-refractivity contribution in [1.29, 1.82) is 0 Å². The predicted molar refractivity (Wildman–Crippen MR) is 113 cm³/mol. The van der Waals surface area contributed by atoms with Crippen LogP contribution in [-0.4, -0.2) is 33.9 Å². The molecule has 7 heteroatoms. The number of hydrogen-bond acceptors (Lipinski definition) is 5. The van der Waals surface area contributed by atoms with Gasteiger partial charge in [-0.15, -0.1) is 0 Å². The highest BCUT2D eigenvalue weighted by atomic mass is 16.5. The summed E-state index contributed by atoms with van der Waals surface area (Å²) in [4.78, 5) is 23.8. The van der Waals surface area contributed by atoms with Crippen LogP contribution in [0, 0.1) is 5.92 Å². The SMILES string of the molecule is CNC(=O)c1cc(Oc2ccc3nc(NC(C)C4CCCCC4)[nH]c3c2)ccn1. The molecule has 1 aliphatic rings. The lowest BCUT2D eigenvalue weighted by molar-refractivity contribution is 0.0958. The second-order valence-corrected chi connectivity index (χ2v) is 7.65. The van der Waals surface area contributed by atoms with Crippen LogP contribution in [0.15, 0.2) is 36.5 Å². The smallest absolute Gasteiger partial charge is 0.269 e. The first kappa shape index (κ1) is 19.2. The zero-order valence-electron chi connectivity index (χ0n) is 16.9. The van der Waals surface area contributed by atoms with Crippen LogP contribution in [0.4, 0.5) is 5.95 Å². The predicted octanol–water partition coefficient (Wildman–Crippen LogP) is 4.49. The number of ether oxygens (including phenoxy) is 1. The number of aromatic amines is 1. The number of nitrogens with zero attached hydrogens (tertiary/aromatic N) is 2. The van der Waals surface area contributed by atoms with Gasteiger partial charge in [0.05, 0.1) is 11.0 Å². The maximum Gasteiger partial charge on any atom is 0.269 e. The molecule has 0 bridgehead atoms. The summed E-state index contributed by atoms with van der Waals surface area (Å²) in [5.41, 5.74) is 2.11. The van der Waals surface area contributed by atoms with Crippen LogP contribution in [0.25, 0.3) is 11.0 Å². The van der Waals surface area contributed by atoms with Crippen LogP contribution in [-0.2, 0) is 0 Å². The highest BCUT2D eigenvalue weighted by Crippen LogP contribution is 2.29. The van der Waals surface area contributed by atoms with Gasteiger partial charge >= 0.3 is 0 Å². The summed E-state index contributed by atoms with van der Waals surface area (Å²) in [7, 11) is 1.57. The molecule has 1 atom stereocenters. The third-order valence-electron chi connectivity index (χ3n) is 5.60. The fourth-order valence-electron chi connectivity index (χ4n) is 3.95. The molecule has 0 radical (unpaired) electrons. The van der Waals surface area contributed by atoms with Gasteiger partial charge in [0.15, 0.2) is 0 Å². The Kier molecular flexibility index (Phi) is 5.64. The van der Waals surface area contributed by atoms with Crippen molar-refractivity contribution < 1.29 is 9.53 Å². The molecule has 2 aromatic heterocycles. The maximum absolute atomic E-state index is 11.7. The third-order valence-corrected chi connectivity index (χ3v) is 5.60. The minimum absolute atomic E-state index is 0.248. The molecule has 2 heterocycles. The number of imidazole rings is 1. The van der Waals surface area contributed by atoms with Gasteiger partial charge in [-0.1, -0.05) is 19.3 Å². The Morgan fingerprint density at radius 2 is 1.97 bits per heavy atom. The number of anilines is 1. The van der Waals surface area contributed by atoms with E-state index in [0.29, 0.717) is 29.2 Å². The van der Waals surface area contributed by atoms with Crippen LogP contribution >= 0.6 is 0 Å². The number of nitrogens with one attached hydrogen (secondary N) is 3. The molecule has 152 valence electrons. The van der Waals surface area contributed by atoms with Gasteiger partial charge < -0.3 is 20.4 Å². The molecular formula is C22H27N5O2. The molecular weight excluding hydrogens is 366 g/mol. The molecule has 1 amide bonds. The van der Waals surface area contributed by atoms with E-state index in [-0.39, 0.29) is 5.91 Å². The van der Waals surface area contributed by atoms with Gasteiger partial charge in [-0.25, -0.2) is 4.98 Å². The van der Waals surface area contributed by atoms with Gasteiger partial charge in [0, 0.05) is 31.4 Å². The number of aromatic nitrogens is 3. The van der Waals surface area contributed by atoms with Crippen molar-refractivity contribution in [2.24, 2.45) is 5.92 Å². The summed E-state index contributed by atoms with van der Waals surface area (Å²) in [5, 5.41) is 6.10. The minimum atomic E-state index is -0.248. The number of hydrogen-bond donors (Lipinski definition) is 3. The van der Waals surface area contributed by atoms with Crippen molar-refractivity contribution >= 4 is 22.9 Å². The number of pyridine rings is 1. The number of rotatable bonds is 6. The van der Waals surface area contributed by atoms with Crippen molar-refractivity contribution in [2.75, 3.05) is 12.4 Å². The van der Waals surface area contributed by atoms with E-state index in [9.17, 15) is 4.79 Å². The lowest BCUT2D eigenvalue weighted by Gasteiger charge is -2.28. The minimum Gasteiger partial charge on any atom is -0.457 e. The van der Waals surface area contributed by atoms with Crippen molar-refractivity contribution in [1.82, 2.24) is 20.3 Å². The number of amides is 1. The van der Waals surface area contributed by atoms with E-state index in [4.69, 9.17) is 4.74 Å². The summed E-state index contributed by atoms with van der Waals surface area (Å²) >= 11 is 0. The van der Waals surface area contributed by atoms with Crippen molar-refractivity contribution in [3.8, 4) is 11.5 Å². The van der Waals surface area contributed by atoms with E-state index >= 15 is 0 Å². The molecule has 1 unspecified atom stereocenters. The van der Waals surface area contributed by atoms with Crippen LogP contribution in [0.3, 0.4) is 0 Å². The number of carbonyl (C=O) groups excluding carboxylic acids is 1. The Bertz CT molecular complexity index is 994. The van der Waals surface area contributed by atoms with Crippen LogP contribution in [0.2, 0.25) is 0 Å². The molecule has 3 aromatic rings. The molecule has 0 spiro atoms. The highest BCUT2D eigenvalue weighted by Gasteiger charge is 2.20. The second kappa shape index (κ2) is 8.51. The molecule has 1 fully saturated rings. The molecule has 0 aliphatic heterocycles. The Morgan fingerprint density at radius 3 is 2.76 bits per heavy atom. The fourth-order valence-corrected chi connectivity index (χ4v) is 3.95. The molecule has 4 rings (SSSR count). The van der Waals surface area contributed by atoms with Crippen LogP contribution in [0.1, 0.15) is 49.5 Å². The summed E-state index contributed by atoms with van der Waals surface area (Å²) in [6.45, 7) is 2.24. The second-order valence-electron chi connectivity index (χ2n) is 7.65. The van der Waals surface area contributed by atoms with E-state index in [2.05, 4.69) is 32.5 Å². The molecule has 3 N–H and O–H groups in total. The monoisotopic (exact) mass is 393 g/mol. The zero-order chi connectivity index (χ0) is 20.2. The molecule has 0 saturated heterocycles. The van der Waals surface area contributed by atoms with Crippen molar-refractivity contribution in [3.05, 3.63) is 42.2 Å². The van der Waals surface area contributed by atoms with E-state index in [1.54, 1.807) is 25.4 Å². The largest absolute Gasteiger partial charge is 0.457 e. The summed E-state index contributed by atoms with van der Waals surface area (Å²) in [6, 6.07) is 9.46. The van der Waals surface area contributed by atoms with Gasteiger partial charge in [0.2, 0.25) is 5.95 Å². The van der Waals surface area contributed by atoms with Crippen LogP contribution in [0.5, 0.6) is 11.5 Å². The van der Waals surface area contributed by atoms with Gasteiger partial charge in [-0.05, 0) is 43.9 Å². The Labute approximate surface area is 170 Å². The first-order valence-corrected chi connectivity index (χ1v) is 10.2. The Hall–Kier alpha value is -3.09. The van der Waals surface area contributed by atoms with Gasteiger partial charge in [-0.3, -0.25) is 9.78 Å². The quantitative estimate of drug-likeness (QED) is 0.574. The fraction of sp³-hybridized carbons (Fsp3) is 0.409. The number of carbonyl (C=O) groups is 1. The Balaban J connectivity index is 1.47. The molecule has 29 heavy (non-hydrogen) atoms. The molecule has 1 aliphatic carbocycles. The molecule has 7 nitrogen and oxygen atoms in total. The lowest BCUT2D eigenvalue weighted by atomic mass is 9.85. The van der Waals surface area contributed by atoms with E-state index in [1.165, 1.54) is 32.1 Å². The number of H-pyrrole nitrogens is 1. The van der Waals surface area contributed by atoms with E-state index in [1.807, 2.05) is 18.2 Å². The standard InChI is InChI=1S/C22H27N5O2/c1-14(15-6-4-3-5-7-15)25-22-26-18-9-8-16(12-19(18)27-22)29-17-10-11-24-20(13-17)21(28)23-2/h8-15H,3-7H2,1-2H3,(H,23,28)(H2,25,26,27). The van der Waals surface area contributed by atoms with Gasteiger partial charge in [0.1, 0.15) is 17.2 Å². The highest BCUT2D eigenvalue weighted by molar-refractivity contribution is 5.92. The Morgan fingerprint density at radius 1 is 1.17 bits per heavy atom. The van der Waals surface area contributed by atoms with Gasteiger partial charge in [0.25, 0.3) is 5.91 Å². The number of fused-ring (bicyclic) bond motifs is 1. The zero-order valence-corrected chi connectivity index (χ0v) is 16.9. The average molecular weight is 393 g/mol. The van der Waals surface area contributed by atoms with Crippen molar-refractivity contribution in [2.45, 2.75) is 45.1 Å². The number of benzene rings is 1. The summed E-state index contributed by atoms with van der Waals surface area (Å²) in [6.07, 6.45) is 8.15. The van der Waals surface area contributed by atoms with Crippen LogP contribution < -0.4 is 15.4 Å². The van der Waals surface area contributed by atoms with Gasteiger partial charge in [-0.2, -0.15) is 0 Å². The normalized spacial score (nSPS) is 15.8. The summed E-state index contributed by atoms with van der Waals surface area (Å²) < 4.78 is 5.92. The first-order chi connectivity index (χ1) is 14.1. The molecule has 1 saturated carbocycles. The maximum atomic E-state index is 11.7. The first-order valence-electron chi connectivity index (χ1n) is 10.2. The summed E-state index contributed by atoms with van der Waals surface area (Å²) in [5.74, 6) is 2.48. The van der Waals surface area contributed by atoms with Crippen molar-refractivity contribution in [3.63, 3.8) is 0 Å². The topological polar surface area (TPSA) is 91.9 Å². The third kappa shape index (κ3) is 4.50. The molecule has 1 aromatic carbocycles. The van der Waals surface area contributed by atoms with E-state index < -0.39 is 0 Å². The van der Waals surface area contributed by atoms with E-state index in [0.717, 1.165) is 17.0 Å². The average Bonchev–Trinajstić information content (AvgIpc) is 3.15. The lowest BCUT2D eigenvalue weighted by Crippen LogP contribution is -2.28.